The minimum atomic E-state index is -0.516. The molecule has 1 N–H and O–H groups in total. The Balaban J connectivity index is 1.50. The van der Waals surface area contributed by atoms with Crippen LogP contribution in [0.25, 0.3) is 0 Å². The third kappa shape index (κ3) is 4.97. The van der Waals surface area contributed by atoms with Gasteiger partial charge in [-0.3, -0.25) is 9.69 Å². The zero-order chi connectivity index (χ0) is 18.4. The first kappa shape index (κ1) is 19.6. The summed E-state index contributed by atoms with van der Waals surface area (Å²) in [6.45, 7) is 3.63. The van der Waals surface area contributed by atoms with Crippen LogP contribution in [0.4, 0.5) is 0 Å². The topological polar surface area (TPSA) is 67.9 Å². The highest BCUT2D eigenvalue weighted by atomic mass is 35.5. The molecule has 1 aliphatic carbocycles. The summed E-state index contributed by atoms with van der Waals surface area (Å²) >= 11 is 6.95. The first-order chi connectivity index (χ1) is 12.6. The fourth-order valence-electron chi connectivity index (χ4n) is 3.79. The van der Waals surface area contributed by atoms with Crippen molar-refractivity contribution in [1.82, 2.24) is 10.2 Å². The molecule has 1 aromatic rings. The van der Waals surface area contributed by atoms with Crippen LogP contribution in [-0.2, 0) is 14.3 Å². The largest absolute Gasteiger partial charge is 0.451 e. The summed E-state index contributed by atoms with van der Waals surface area (Å²) in [6.07, 6.45) is 5.78. The number of hydrogen-bond donors (Lipinski definition) is 1. The predicted molar refractivity (Wildman–Crippen MR) is 101 cm³/mol. The Kier molecular flexibility index (Phi) is 6.92. The Morgan fingerprint density at radius 1 is 1.23 bits per heavy atom. The van der Waals surface area contributed by atoms with Gasteiger partial charge in [0.05, 0.1) is 17.6 Å². The zero-order valence-corrected chi connectivity index (χ0v) is 16.4. The van der Waals surface area contributed by atoms with Crippen LogP contribution in [-0.4, -0.2) is 61.8 Å². The molecule has 1 saturated carbocycles. The summed E-state index contributed by atoms with van der Waals surface area (Å²) in [4.78, 5) is 27.0. The normalized spacial score (nSPS) is 20.5. The summed E-state index contributed by atoms with van der Waals surface area (Å²) in [5.74, 6) is -0.781. The number of amides is 1. The second-order valence-electron chi connectivity index (χ2n) is 6.84. The van der Waals surface area contributed by atoms with Crippen molar-refractivity contribution in [2.24, 2.45) is 0 Å². The van der Waals surface area contributed by atoms with Crippen LogP contribution in [0.1, 0.15) is 41.8 Å². The van der Waals surface area contributed by atoms with Gasteiger partial charge < -0.3 is 14.8 Å². The van der Waals surface area contributed by atoms with Crippen LogP contribution in [0.2, 0.25) is 4.34 Å². The molecule has 0 unspecified atom stereocenters. The van der Waals surface area contributed by atoms with Crippen molar-refractivity contribution in [3.63, 3.8) is 0 Å². The van der Waals surface area contributed by atoms with Gasteiger partial charge in [0.15, 0.2) is 6.61 Å². The van der Waals surface area contributed by atoms with E-state index in [1.54, 1.807) is 12.1 Å². The Bertz CT molecular complexity index is 624. The molecule has 1 aromatic heterocycles. The molecular formula is C18H25ClN2O4S. The van der Waals surface area contributed by atoms with Crippen molar-refractivity contribution in [3.8, 4) is 0 Å². The van der Waals surface area contributed by atoms with Crippen molar-refractivity contribution in [2.45, 2.75) is 37.6 Å². The summed E-state index contributed by atoms with van der Waals surface area (Å²) in [5, 5.41) is 2.98. The maximum Gasteiger partial charge on any atom is 0.348 e. The number of carbonyl (C=O) groups excluding carboxylic acids is 2. The summed E-state index contributed by atoms with van der Waals surface area (Å²) in [7, 11) is 0. The second-order valence-corrected chi connectivity index (χ2v) is 8.56. The van der Waals surface area contributed by atoms with E-state index in [0.717, 1.165) is 50.5 Å². The number of nitrogens with one attached hydrogen (secondary N) is 1. The van der Waals surface area contributed by atoms with E-state index in [1.807, 2.05) is 0 Å². The molecule has 1 amide bonds. The Labute approximate surface area is 162 Å². The molecule has 2 fully saturated rings. The Morgan fingerprint density at radius 2 is 1.96 bits per heavy atom. The first-order valence-electron chi connectivity index (χ1n) is 9.11. The maximum absolute atomic E-state index is 12.2. The molecule has 144 valence electrons. The molecule has 0 spiro atoms. The number of rotatable bonds is 6. The molecule has 1 aliphatic heterocycles. The first-order valence-corrected chi connectivity index (χ1v) is 10.3. The average molecular weight is 401 g/mol. The maximum atomic E-state index is 12.2. The smallest absolute Gasteiger partial charge is 0.348 e. The van der Waals surface area contributed by atoms with Gasteiger partial charge in [-0.15, -0.1) is 11.3 Å². The quantitative estimate of drug-likeness (QED) is 0.743. The molecule has 0 bridgehead atoms. The van der Waals surface area contributed by atoms with Gasteiger partial charge in [-0.05, 0) is 25.0 Å². The van der Waals surface area contributed by atoms with E-state index in [2.05, 4.69) is 10.2 Å². The number of thiophene rings is 1. The third-order valence-electron chi connectivity index (χ3n) is 5.19. The average Bonchev–Trinajstić information content (AvgIpc) is 3.12. The van der Waals surface area contributed by atoms with Crippen LogP contribution in [0, 0.1) is 0 Å². The van der Waals surface area contributed by atoms with Crippen molar-refractivity contribution in [1.29, 1.82) is 0 Å². The van der Waals surface area contributed by atoms with Crippen LogP contribution in [0.5, 0.6) is 0 Å². The summed E-state index contributed by atoms with van der Waals surface area (Å²) < 4.78 is 11.1. The van der Waals surface area contributed by atoms with E-state index in [1.165, 1.54) is 19.3 Å². The Hall–Kier alpha value is -1.15. The van der Waals surface area contributed by atoms with E-state index >= 15 is 0 Å². The van der Waals surface area contributed by atoms with E-state index < -0.39 is 5.97 Å². The molecule has 0 atom stereocenters. The van der Waals surface area contributed by atoms with Crippen LogP contribution < -0.4 is 5.32 Å². The lowest BCUT2D eigenvalue weighted by Gasteiger charge is -2.48. The van der Waals surface area contributed by atoms with Crippen molar-refractivity contribution in [3.05, 3.63) is 21.3 Å². The van der Waals surface area contributed by atoms with Gasteiger partial charge in [0.1, 0.15) is 4.88 Å². The van der Waals surface area contributed by atoms with Gasteiger partial charge in [0, 0.05) is 25.2 Å². The van der Waals surface area contributed by atoms with Crippen LogP contribution in [0.15, 0.2) is 12.1 Å². The van der Waals surface area contributed by atoms with Crippen molar-refractivity contribution in [2.75, 3.05) is 39.5 Å². The monoisotopic (exact) mass is 400 g/mol. The lowest BCUT2D eigenvalue weighted by molar-refractivity contribution is -0.125. The standard InChI is InChI=1S/C18H25ClN2O4S/c19-15-5-4-14(26-15)17(23)25-12-16(22)20-13-18(6-2-1-3-7-18)21-8-10-24-11-9-21/h4-5H,1-3,6-13H2,(H,20,22). The van der Waals surface area contributed by atoms with Gasteiger partial charge in [-0.1, -0.05) is 30.9 Å². The van der Waals surface area contributed by atoms with Gasteiger partial charge in [0.2, 0.25) is 0 Å². The molecule has 2 heterocycles. The molecule has 0 aromatic carbocycles. The highest BCUT2D eigenvalue weighted by Gasteiger charge is 2.38. The number of ether oxygens (including phenoxy) is 2. The van der Waals surface area contributed by atoms with Crippen molar-refractivity contribution < 1.29 is 19.1 Å². The zero-order valence-electron chi connectivity index (χ0n) is 14.8. The number of halogens is 1. The highest BCUT2D eigenvalue weighted by molar-refractivity contribution is 7.17. The van der Waals surface area contributed by atoms with Gasteiger partial charge in [-0.25, -0.2) is 4.79 Å². The summed E-state index contributed by atoms with van der Waals surface area (Å²) in [6, 6.07) is 3.24. The fourth-order valence-corrected chi connectivity index (χ4v) is 4.73. The number of morpholine rings is 1. The lowest BCUT2D eigenvalue weighted by atomic mass is 9.79. The minimum absolute atomic E-state index is 0.00295. The minimum Gasteiger partial charge on any atom is -0.451 e. The van der Waals surface area contributed by atoms with E-state index in [4.69, 9.17) is 21.1 Å². The van der Waals surface area contributed by atoms with Crippen molar-refractivity contribution >= 4 is 34.8 Å². The highest BCUT2D eigenvalue weighted by Crippen LogP contribution is 2.33. The third-order valence-corrected chi connectivity index (χ3v) is 6.40. The number of nitrogens with zero attached hydrogens (tertiary/aromatic N) is 1. The SMILES string of the molecule is O=C(COC(=O)c1ccc(Cl)s1)NCC1(N2CCOCC2)CCCCC1. The number of esters is 1. The Morgan fingerprint density at radius 3 is 2.62 bits per heavy atom. The molecule has 26 heavy (non-hydrogen) atoms. The van der Waals surface area contributed by atoms with Crippen LogP contribution in [0.3, 0.4) is 0 Å². The number of carbonyl (C=O) groups is 2. The van der Waals surface area contributed by atoms with Crippen LogP contribution >= 0.6 is 22.9 Å². The van der Waals surface area contributed by atoms with Gasteiger partial charge in [-0.2, -0.15) is 0 Å². The lowest BCUT2D eigenvalue weighted by Crippen LogP contribution is -2.59. The summed E-state index contributed by atoms with van der Waals surface area (Å²) in [5.41, 5.74) is 0.00295. The number of hydrogen-bond acceptors (Lipinski definition) is 6. The molecular weight excluding hydrogens is 376 g/mol. The molecule has 6 nitrogen and oxygen atoms in total. The second kappa shape index (κ2) is 9.17. The van der Waals surface area contributed by atoms with E-state index in [9.17, 15) is 9.59 Å². The molecule has 8 heteroatoms. The fraction of sp³-hybridized carbons (Fsp3) is 0.667. The molecule has 0 radical (unpaired) electrons. The van der Waals surface area contributed by atoms with E-state index in [-0.39, 0.29) is 18.1 Å². The molecule has 1 saturated heterocycles. The van der Waals surface area contributed by atoms with E-state index in [0.29, 0.717) is 15.8 Å². The molecule has 2 aliphatic rings. The van der Waals surface area contributed by atoms with Gasteiger partial charge >= 0.3 is 5.97 Å². The van der Waals surface area contributed by atoms with Gasteiger partial charge in [0.25, 0.3) is 5.91 Å². The molecule has 3 rings (SSSR count). The predicted octanol–water partition coefficient (Wildman–Crippen LogP) is 2.71.